The normalized spacial score (nSPS) is 18.9. The summed E-state index contributed by atoms with van der Waals surface area (Å²) in [6.45, 7) is 9.13. The van der Waals surface area contributed by atoms with E-state index < -0.39 is 35.7 Å². The molecule has 1 amide bonds. The molecule has 0 fully saturated rings. The zero-order valence-corrected chi connectivity index (χ0v) is 23.3. The molecule has 3 atom stereocenters. The van der Waals surface area contributed by atoms with E-state index in [-0.39, 0.29) is 17.3 Å². The second-order valence-electron chi connectivity index (χ2n) is 9.35. The van der Waals surface area contributed by atoms with Gasteiger partial charge in [-0.05, 0) is 70.9 Å². The lowest BCUT2D eigenvalue weighted by Gasteiger charge is -2.22. The molecule has 0 radical (unpaired) electrons. The summed E-state index contributed by atoms with van der Waals surface area (Å²) in [5.41, 5.74) is 2.15. The van der Waals surface area contributed by atoms with Gasteiger partial charge in [-0.1, -0.05) is 49.0 Å². The Morgan fingerprint density at radius 1 is 1.16 bits per heavy atom. The van der Waals surface area contributed by atoms with Crippen molar-refractivity contribution in [3.8, 4) is 0 Å². The summed E-state index contributed by atoms with van der Waals surface area (Å²) in [7, 11) is 1.26. The minimum Gasteiger partial charge on any atom is -0.453 e. The van der Waals surface area contributed by atoms with Crippen LogP contribution in [0.1, 0.15) is 66.7 Å². The molecule has 1 aliphatic rings. The summed E-state index contributed by atoms with van der Waals surface area (Å²) in [6, 6.07) is 0. The Bertz CT molecular complexity index is 1040. The molecule has 1 heterocycles. The number of cyclic esters (lactones) is 1. The first-order chi connectivity index (χ1) is 18.0. The summed E-state index contributed by atoms with van der Waals surface area (Å²) in [5.74, 6) is -3.57. The number of alkyl carbamates (subject to hydrolysis) is 1. The van der Waals surface area contributed by atoms with Gasteiger partial charge in [-0.15, -0.1) is 0 Å². The van der Waals surface area contributed by atoms with Crippen molar-refractivity contribution in [1.29, 1.82) is 0 Å². The van der Waals surface area contributed by atoms with Crippen LogP contribution in [0.2, 0.25) is 0 Å². The number of carbonyl (C=O) groups excluding carboxylic acids is 4. The molecular formula is C30H41NO7. The second kappa shape index (κ2) is 17.1. The predicted octanol–water partition coefficient (Wildman–Crippen LogP) is 5.41. The van der Waals surface area contributed by atoms with Gasteiger partial charge < -0.3 is 14.6 Å². The maximum absolute atomic E-state index is 12.9. The van der Waals surface area contributed by atoms with Crippen LogP contribution in [-0.2, 0) is 23.9 Å². The molecule has 0 aromatic heterocycles. The molecule has 38 heavy (non-hydrogen) atoms. The Morgan fingerprint density at radius 2 is 1.87 bits per heavy atom. The fraction of sp³-hybridized carbons (Fsp3) is 0.467. The number of Topliss-reactive ketones (excluding diaryl/α,β-unsaturated/α-hetero) is 1. The number of carbonyl (C=O) groups is 4. The summed E-state index contributed by atoms with van der Waals surface area (Å²) in [6.07, 6.45) is 15.7. The molecule has 1 aliphatic heterocycles. The SMILES string of the molecule is C/C=C/C/C=C(\C)[C@H](O)CC/C(C)=C/C=C(\C)C(=O)C1C(=O)C=C([C@H](C)CC/C=C/NC(=O)OC)OC1=O. The number of amides is 1. The van der Waals surface area contributed by atoms with E-state index in [0.717, 1.165) is 17.6 Å². The number of methoxy groups -OCH3 is 1. The maximum Gasteiger partial charge on any atom is 0.410 e. The van der Waals surface area contributed by atoms with Crippen LogP contribution in [0.25, 0.3) is 0 Å². The number of hydrogen-bond donors (Lipinski definition) is 2. The molecule has 0 aliphatic carbocycles. The van der Waals surface area contributed by atoms with Gasteiger partial charge in [0.15, 0.2) is 17.5 Å². The van der Waals surface area contributed by atoms with E-state index in [1.807, 2.05) is 45.9 Å². The number of rotatable bonds is 14. The number of aliphatic hydroxyl groups is 1. The van der Waals surface area contributed by atoms with Crippen LogP contribution in [0, 0.1) is 11.8 Å². The van der Waals surface area contributed by atoms with Crippen molar-refractivity contribution in [3.63, 3.8) is 0 Å². The number of ether oxygens (including phenoxy) is 2. The third kappa shape index (κ3) is 11.3. The zero-order valence-electron chi connectivity index (χ0n) is 23.3. The molecule has 1 unspecified atom stereocenters. The number of allylic oxidation sites excluding steroid dienone is 10. The molecule has 8 nitrogen and oxygen atoms in total. The van der Waals surface area contributed by atoms with E-state index in [9.17, 15) is 24.3 Å². The molecule has 0 bridgehead atoms. The summed E-state index contributed by atoms with van der Waals surface area (Å²) < 4.78 is 9.81. The first-order valence-electron chi connectivity index (χ1n) is 12.8. The molecular weight excluding hydrogens is 486 g/mol. The van der Waals surface area contributed by atoms with Gasteiger partial charge >= 0.3 is 12.1 Å². The average molecular weight is 528 g/mol. The average Bonchev–Trinajstić information content (AvgIpc) is 2.89. The molecule has 0 aromatic rings. The van der Waals surface area contributed by atoms with Crippen molar-refractivity contribution < 1.29 is 33.8 Å². The van der Waals surface area contributed by atoms with Gasteiger partial charge in [0, 0.05) is 18.2 Å². The Balaban J connectivity index is 2.71. The van der Waals surface area contributed by atoms with E-state index in [2.05, 4.69) is 10.1 Å². The van der Waals surface area contributed by atoms with Crippen molar-refractivity contribution >= 4 is 23.6 Å². The smallest absolute Gasteiger partial charge is 0.410 e. The van der Waals surface area contributed by atoms with Crippen molar-refractivity contribution in [2.75, 3.05) is 7.11 Å². The monoisotopic (exact) mass is 527 g/mol. The Morgan fingerprint density at radius 3 is 2.50 bits per heavy atom. The van der Waals surface area contributed by atoms with E-state index in [1.165, 1.54) is 19.4 Å². The summed E-state index contributed by atoms with van der Waals surface area (Å²) in [5, 5.41) is 12.7. The maximum atomic E-state index is 12.9. The quantitative estimate of drug-likeness (QED) is 0.102. The van der Waals surface area contributed by atoms with E-state index in [4.69, 9.17) is 4.74 Å². The lowest BCUT2D eigenvalue weighted by Crippen LogP contribution is -2.37. The van der Waals surface area contributed by atoms with Crippen LogP contribution in [0.3, 0.4) is 0 Å². The van der Waals surface area contributed by atoms with E-state index >= 15 is 0 Å². The largest absolute Gasteiger partial charge is 0.453 e. The van der Waals surface area contributed by atoms with Crippen LogP contribution < -0.4 is 5.32 Å². The fourth-order valence-electron chi connectivity index (χ4n) is 3.56. The van der Waals surface area contributed by atoms with Crippen LogP contribution in [0.5, 0.6) is 0 Å². The van der Waals surface area contributed by atoms with Crippen LogP contribution in [0.4, 0.5) is 4.79 Å². The van der Waals surface area contributed by atoms with E-state index in [0.29, 0.717) is 25.7 Å². The predicted molar refractivity (Wildman–Crippen MR) is 147 cm³/mol. The lowest BCUT2D eigenvalue weighted by atomic mass is 9.90. The Kier molecular flexibility index (Phi) is 14.6. The fourth-order valence-corrected chi connectivity index (χ4v) is 3.56. The van der Waals surface area contributed by atoms with Gasteiger partial charge in [-0.3, -0.25) is 19.7 Å². The van der Waals surface area contributed by atoms with Gasteiger partial charge in [0.05, 0.1) is 13.2 Å². The summed E-state index contributed by atoms with van der Waals surface area (Å²) >= 11 is 0. The second-order valence-corrected chi connectivity index (χ2v) is 9.35. The molecule has 0 saturated carbocycles. The third-order valence-electron chi connectivity index (χ3n) is 6.20. The number of aliphatic hydroxyl groups excluding tert-OH is 1. The van der Waals surface area contributed by atoms with Crippen molar-refractivity contribution in [3.05, 3.63) is 71.2 Å². The number of ketones is 2. The van der Waals surface area contributed by atoms with E-state index in [1.54, 1.807) is 25.2 Å². The molecule has 208 valence electrons. The zero-order chi connectivity index (χ0) is 28.7. The molecule has 0 aromatic carbocycles. The molecule has 0 saturated heterocycles. The van der Waals surface area contributed by atoms with Gasteiger partial charge in [0.25, 0.3) is 0 Å². The standard InChI is InChI=1S/C30H41NO7/c1-7-8-9-12-21(3)24(32)17-15-20(2)14-16-23(5)28(34)27-25(33)19-26(38-29(27)35)22(4)13-10-11-18-31-30(36)37-6/h7-8,11-12,14,16,18-19,22,24,27,32H,9-10,13,15,17H2,1-6H3,(H,31,36)/b8-7+,18-11+,20-14+,21-12+,23-16+/t22-,24-,27?/m1/s1. The number of hydrogen-bond acceptors (Lipinski definition) is 7. The molecule has 8 heteroatoms. The Labute approximate surface area is 225 Å². The van der Waals surface area contributed by atoms with Crippen molar-refractivity contribution in [1.82, 2.24) is 5.32 Å². The van der Waals surface area contributed by atoms with Crippen LogP contribution in [-0.4, -0.2) is 41.9 Å². The number of esters is 1. The van der Waals surface area contributed by atoms with Gasteiger partial charge in [-0.25, -0.2) is 4.79 Å². The highest BCUT2D eigenvalue weighted by Gasteiger charge is 2.39. The minimum atomic E-state index is -1.51. The molecule has 0 spiro atoms. The first-order valence-corrected chi connectivity index (χ1v) is 12.8. The summed E-state index contributed by atoms with van der Waals surface area (Å²) in [4.78, 5) is 49.1. The van der Waals surface area contributed by atoms with Gasteiger partial charge in [0.2, 0.25) is 0 Å². The molecule has 2 N–H and O–H groups in total. The topological polar surface area (TPSA) is 119 Å². The van der Waals surface area contributed by atoms with Crippen molar-refractivity contribution in [2.24, 2.45) is 11.8 Å². The van der Waals surface area contributed by atoms with Crippen LogP contribution >= 0.6 is 0 Å². The highest BCUT2D eigenvalue weighted by Crippen LogP contribution is 2.26. The highest BCUT2D eigenvalue weighted by atomic mass is 16.5. The Hall–Kier alpha value is -3.52. The highest BCUT2D eigenvalue weighted by molar-refractivity contribution is 6.26. The number of nitrogens with one attached hydrogen (secondary N) is 1. The van der Waals surface area contributed by atoms with Crippen molar-refractivity contribution in [2.45, 2.75) is 72.8 Å². The van der Waals surface area contributed by atoms with Gasteiger partial charge in [0.1, 0.15) is 5.76 Å². The van der Waals surface area contributed by atoms with Crippen LogP contribution in [0.15, 0.2) is 71.2 Å². The first kappa shape index (κ1) is 32.5. The molecule has 1 rings (SSSR count). The third-order valence-corrected chi connectivity index (χ3v) is 6.20. The van der Waals surface area contributed by atoms with Gasteiger partial charge in [-0.2, -0.15) is 0 Å². The lowest BCUT2D eigenvalue weighted by molar-refractivity contribution is -0.152. The minimum absolute atomic E-state index is 0.226.